The van der Waals surface area contributed by atoms with Crippen LogP contribution in [0.5, 0.6) is 0 Å². The van der Waals surface area contributed by atoms with Crippen LogP contribution in [0.4, 0.5) is 0 Å². The second-order valence-electron chi connectivity index (χ2n) is 5.40. The molecule has 1 amide bonds. The monoisotopic (exact) mass is 335 g/mol. The lowest BCUT2D eigenvalue weighted by atomic mass is 10.1. The highest BCUT2D eigenvalue weighted by Crippen LogP contribution is 2.21. The van der Waals surface area contributed by atoms with E-state index in [-0.39, 0.29) is 12.2 Å². The Morgan fingerprint density at radius 2 is 2.13 bits per heavy atom. The van der Waals surface area contributed by atoms with Crippen LogP contribution in [0.2, 0.25) is 0 Å². The number of amides is 1. The predicted octanol–water partition coefficient (Wildman–Crippen LogP) is 0.950. The van der Waals surface area contributed by atoms with Gasteiger partial charge in [-0.1, -0.05) is 18.2 Å². The van der Waals surface area contributed by atoms with Crippen LogP contribution < -0.4 is 4.72 Å². The van der Waals surface area contributed by atoms with Crippen molar-refractivity contribution in [1.82, 2.24) is 14.5 Å². The number of fused-ring (bicyclic) bond motifs is 1. The number of aromatic nitrogens is 2. The van der Waals surface area contributed by atoms with Crippen LogP contribution in [-0.2, 0) is 45.1 Å². The van der Waals surface area contributed by atoms with Crippen molar-refractivity contribution in [3.05, 3.63) is 53.3 Å². The lowest BCUT2D eigenvalue weighted by Crippen LogP contribution is -2.32. The van der Waals surface area contributed by atoms with Crippen molar-refractivity contribution in [3.8, 4) is 0 Å². The second kappa shape index (κ2) is 6.51. The number of ether oxygens (including phenoxy) is 1. The quantitative estimate of drug-likeness (QED) is 0.849. The number of nitrogens with zero attached hydrogens (tertiary/aromatic N) is 2. The molecule has 2 heterocycles. The summed E-state index contributed by atoms with van der Waals surface area (Å²) in [5, 5.41) is 3.96. The molecule has 0 unspecified atom stereocenters. The van der Waals surface area contributed by atoms with E-state index in [1.165, 1.54) is 0 Å². The Morgan fingerprint density at radius 3 is 2.91 bits per heavy atom. The van der Waals surface area contributed by atoms with Gasteiger partial charge in [-0.05, 0) is 22.8 Å². The molecule has 0 spiro atoms. The van der Waals surface area contributed by atoms with Crippen molar-refractivity contribution in [2.24, 2.45) is 0 Å². The van der Waals surface area contributed by atoms with Gasteiger partial charge in [0.2, 0.25) is 15.9 Å². The molecular weight excluding hydrogens is 318 g/mol. The zero-order valence-corrected chi connectivity index (χ0v) is 13.3. The van der Waals surface area contributed by atoms with Crippen LogP contribution in [0.3, 0.4) is 0 Å². The molecule has 1 aliphatic rings. The molecule has 122 valence electrons. The molecule has 1 N–H and O–H groups in total. The van der Waals surface area contributed by atoms with Crippen molar-refractivity contribution in [2.75, 3.05) is 0 Å². The van der Waals surface area contributed by atoms with E-state index >= 15 is 0 Å². The number of hydrogen-bond acceptors (Lipinski definition) is 5. The van der Waals surface area contributed by atoms with Crippen LogP contribution in [0.15, 0.2) is 36.7 Å². The first-order chi connectivity index (χ1) is 11.0. The van der Waals surface area contributed by atoms with E-state index in [0.29, 0.717) is 25.3 Å². The van der Waals surface area contributed by atoms with E-state index in [9.17, 15) is 13.2 Å². The normalized spacial score (nSPS) is 13.7. The third-order valence-corrected chi connectivity index (χ3v) is 4.79. The average molecular weight is 335 g/mol. The van der Waals surface area contributed by atoms with E-state index in [4.69, 9.17) is 4.74 Å². The molecule has 0 radical (unpaired) electrons. The Morgan fingerprint density at radius 1 is 1.30 bits per heavy atom. The highest BCUT2D eigenvalue weighted by atomic mass is 32.2. The van der Waals surface area contributed by atoms with Gasteiger partial charge in [0.1, 0.15) is 0 Å². The smallest absolute Gasteiger partial charge is 0.239 e. The maximum atomic E-state index is 12.1. The first-order valence-electron chi connectivity index (χ1n) is 7.21. The van der Waals surface area contributed by atoms with Crippen LogP contribution in [-0.4, -0.2) is 24.1 Å². The number of sulfonamides is 1. The summed E-state index contributed by atoms with van der Waals surface area (Å²) < 4.78 is 33.1. The molecule has 0 saturated heterocycles. The first kappa shape index (κ1) is 15.7. The average Bonchev–Trinajstić information content (AvgIpc) is 3.15. The van der Waals surface area contributed by atoms with Crippen molar-refractivity contribution in [3.63, 3.8) is 0 Å². The zero-order valence-electron chi connectivity index (χ0n) is 12.4. The molecule has 0 atom stereocenters. The van der Waals surface area contributed by atoms with Crippen molar-refractivity contribution in [1.29, 1.82) is 0 Å². The molecule has 0 aliphatic carbocycles. The van der Waals surface area contributed by atoms with Gasteiger partial charge < -0.3 is 4.74 Å². The Balaban J connectivity index is 1.57. The van der Waals surface area contributed by atoms with Crippen molar-refractivity contribution < 1.29 is 17.9 Å². The molecule has 1 aromatic heterocycles. The fraction of sp³-hybridized carbons (Fsp3) is 0.333. The van der Waals surface area contributed by atoms with Gasteiger partial charge in [0.15, 0.2) is 0 Å². The fourth-order valence-corrected chi connectivity index (χ4v) is 3.58. The summed E-state index contributed by atoms with van der Waals surface area (Å²) in [6, 6.07) is 7.18. The highest BCUT2D eigenvalue weighted by Gasteiger charge is 2.18. The lowest BCUT2D eigenvalue weighted by Gasteiger charge is -2.08. The molecule has 8 heteroatoms. The third-order valence-electron chi connectivity index (χ3n) is 3.54. The second-order valence-corrected chi connectivity index (χ2v) is 7.12. The van der Waals surface area contributed by atoms with Crippen LogP contribution in [0.1, 0.15) is 23.1 Å². The Hall–Kier alpha value is -2.19. The molecule has 0 saturated carbocycles. The number of rotatable bonds is 6. The zero-order chi connectivity index (χ0) is 16.3. The summed E-state index contributed by atoms with van der Waals surface area (Å²) in [6.45, 7) is 1.40. The minimum absolute atomic E-state index is 0.0545. The summed E-state index contributed by atoms with van der Waals surface area (Å²) in [5.41, 5.74) is 2.72. The molecule has 1 aromatic carbocycles. The Bertz CT molecular complexity index is 800. The molecule has 1 aliphatic heterocycles. The van der Waals surface area contributed by atoms with Crippen molar-refractivity contribution in [2.45, 2.75) is 31.9 Å². The van der Waals surface area contributed by atoms with E-state index in [2.05, 4.69) is 9.82 Å². The predicted molar refractivity (Wildman–Crippen MR) is 82.5 cm³/mol. The van der Waals surface area contributed by atoms with Gasteiger partial charge in [0, 0.05) is 25.4 Å². The van der Waals surface area contributed by atoms with Gasteiger partial charge in [-0.2, -0.15) is 5.10 Å². The van der Waals surface area contributed by atoms with Crippen LogP contribution in [0, 0.1) is 0 Å². The number of carbonyl (C=O) groups is 1. The van der Waals surface area contributed by atoms with Gasteiger partial charge in [-0.3, -0.25) is 14.2 Å². The van der Waals surface area contributed by atoms with E-state index < -0.39 is 15.9 Å². The van der Waals surface area contributed by atoms with Gasteiger partial charge in [-0.25, -0.2) is 8.42 Å². The summed E-state index contributed by atoms with van der Waals surface area (Å²) in [4.78, 5) is 11.8. The SMILES string of the molecule is O=C(CCn1cccn1)NS(=O)(=O)Cc1ccc2c(c1)COC2. The van der Waals surface area contributed by atoms with E-state index in [0.717, 1.165) is 11.1 Å². The van der Waals surface area contributed by atoms with Gasteiger partial charge in [0.25, 0.3) is 0 Å². The Labute approximate surface area is 134 Å². The maximum Gasteiger partial charge on any atom is 0.239 e. The fourth-order valence-electron chi connectivity index (χ4n) is 2.44. The van der Waals surface area contributed by atoms with E-state index in [1.807, 2.05) is 12.1 Å². The topological polar surface area (TPSA) is 90.3 Å². The Kier molecular flexibility index (Phi) is 4.44. The number of benzene rings is 1. The van der Waals surface area contributed by atoms with Gasteiger partial charge in [0.05, 0.1) is 19.0 Å². The number of aryl methyl sites for hydroxylation is 1. The molecule has 7 nitrogen and oxygen atoms in total. The third kappa shape index (κ3) is 4.17. The van der Waals surface area contributed by atoms with Crippen LogP contribution in [0.25, 0.3) is 0 Å². The van der Waals surface area contributed by atoms with Gasteiger partial charge >= 0.3 is 0 Å². The van der Waals surface area contributed by atoms with Crippen molar-refractivity contribution >= 4 is 15.9 Å². The number of nitrogens with one attached hydrogen (secondary N) is 1. The highest BCUT2D eigenvalue weighted by molar-refractivity contribution is 7.89. The number of carbonyl (C=O) groups excluding carboxylic acids is 1. The summed E-state index contributed by atoms with van der Waals surface area (Å²) in [6.07, 6.45) is 3.37. The van der Waals surface area contributed by atoms with Gasteiger partial charge in [-0.15, -0.1) is 0 Å². The largest absolute Gasteiger partial charge is 0.372 e. The lowest BCUT2D eigenvalue weighted by molar-refractivity contribution is -0.119. The van der Waals surface area contributed by atoms with Crippen LogP contribution >= 0.6 is 0 Å². The molecule has 3 rings (SSSR count). The molecule has 23 heavy (non-hydrogen) atoms. The maximum absolute atomic E-state index is 12.1. The molecule has 2 aromatic rings. The summed E-state index contributed by atoms with van der Waals surface area (Å²) in [7, 11) is -3.71. The number of hydrogen-bond donors (Lipinski definition) is 1. The molecular formula is C15H17N3O4S. The minimum Gasteiger partial charge on any atom is -0.372 e. The van der Waals surface area contributed by atoms with E-state index in [1.54, 1.807) is 29.2 Å². The standard InChI is InChI=1S/C15H17N3O4S/c19-15(4-7-18-6-1-5-16-18)17-23(20,21)11-12-2-3-13-9-22-10-14(13)8-12/h1-3,5-6,8H,4,7,9-11H2,(H,17,19). The first-order valence-corrected chi connectivity index (χ1v) is 8.86. The molecule has 0 bridgehead atoms. The summed E-state index contributed by atoms with van der Waals surface area (Å²) >= 11 is 0. The minimum atomic E-state index is -3.71. The summed E-state index contributed by atoms with van der Waals surface area (Å²) in [5.74, 6) is -0.765. The molecule has 0 fully saturated rings.